The van der Waals surface area contributed by atoms with E-state index in [0.717, 1.165) is 22.3 Å². The number of H-pyrrole nitrogens is 1. The average Bonchev–Trinajstić information content (AvgIpc) is 3.33. The molecular weight excluding hydrogens is 368 g/mol. The van der Waals surface area contributed by atoms with Gasteiger partial charge >= 0.3 is 5.97 Å². The molecule has 4 aromatic rings. The Hall–Kier alpha value is -3.52. The molecule has 0 saturated carbocycles. The number of imidazole rings is 1. The fourth-order valence-electron chi connectivity index (χ4n) is 2.85. The molecule has 2 heterocycles. The van der Waals surface area contributed by atoms with Crippen LogP contribution in [0.3, 0.4) is 0 Å². The average molecular weight is 381 g/mol. The van der Waals surface area contributed by atoms with Gasteiger partial charge in [0.05, 0.1) is 12.7 Å². The van der Waals surface area contributed by atoms with E-state index in [1.54, 1.807) is 0 Å². The van der Waals surface area contributed by atoms with Crippen LogP contribution in [0.5, 0.6) is 0 Å². The van der Waals surface area contributed by atoms with Crippen molar-refractivity contribution in [3.63, 3.8) is 0 Å². The molecule has 0 bridgehead atoms. The van der Waals surface area contributed by atoms with Gasteiger partial charge in [-0.3, -0.25) is 0 Å². The van der Waals surface area contributed by atoms with Crippen molar-refractivity contribution in [3.8, 4) is 22.5 Å². The summed E-state index contributed by atoms with van der Waals surface area (Å²) in [7, 11) is 0. The van der Waals surface area contributed by atoms with E-state index >= 15 is 0 Å². The number of carboxylic acid groups (broad SMARTS) is 1. The standard InChI is InChI=1S/C18H13ClN6O2/c19-18-20-9-15(17(26)27)25(18)10-11-5-7-12(8-6-11)13-3-1-2-4-14(13)16-21-23-24-22-16/h1-9H,10H2,(H,26,27)(H,21,22,23,24). The summed E-state index contributed by atoms with van der Waals surface area (Å²) in [6.45, 7) is 0.313. The molecule has 0 spiro atoms. The first-order valence-corrected chi connectivity index (χ1v) is 8.38. The van der Waals surface area contributed by atoms with E-state index in [1.165, 1.54) is 10.8 Å². The van der Waals surface area contributed by atoms with E-state index in [0.29, 0.717) is 12.4 Å². The predicted molar refractivity (Wildman–Crippen MR) is 98.3 cm³/mol. The Labute approximate surface area is 158 Å². The maximum Gasteiger partial charge on any atom is 0.354 e. The van der Waals surface area contributed by atoms with Gasteiger partial charge in [-0.05, 0) is 33.5 Å². The molecule has 2 aromatic carbocycles. The molecular formula is C18H13ClN6O2. The van der Waals surface area contributed by atoms with Crippen LogP contribution in [-0.4, -0.2) is 41.3 Å². The Bertz CT molecular complexity index is 1090. The zero-order valence-corrected chi connectivity index (χ0v) is 14.6. The molecule has 0 fully saturated rings. The fourth-order valence-corrected chi connectivity index (χ4v) is 3.05. The predicted octanol–water partition coefficient (Wildman–Crippen LogP) is 3.13. The number of nitrogens with zero attached hydrogens (tertiary/aromatic N) is 5. The van der Waals surface area contributed by atoms with Crippen molar-refractivity contribution in [3.05, 3.63) is 71.3 Å². The van der Waals surface area contributed by atoms with Gasteiger partial charge in [0.15, 0.2) is 0 Å². The Kier molecular flexibility index (Phi) is 4.39. The minimum atomic E-state index is -1.07. The first-order chi connectivity index (χ1) is 13.1. The van der Waals surface area contributed by atoms with Crippen LogP contribution < -0.4 is 0 Å². The topological polar surface area (TPSA) is 110 Å². The molecule has 27 heavy (non-hydrogen) atoms. The third-order valence-electron chi connectivity index (χ3n) is 4.14. The van der Waals surface area contributed by atoms with Crippen molar-refractivity contribution < 1.29 is 9.90 Å². The second-order valence-electron chi connectivity index (χ2n) is 5.78. The van der Waals surface area contributed by atoms with Gasteiger partial charge in [-0.2, -0.15) is 5.21 Å². The van der Waals surface area contributed by atoms with Crippen molar-refractivity contribution in [1.82, 2.24) is 30.2 Å². The Morgan fingerprint density at radius 2 is 1.85 bits per heavy atom. The molecule has 134 valence electrons. The number of carbonyl (C=O) groups is 1. The van der Waals surface area contributed by atoms with Crippen LogP contribution in [-0.2, 0) is 6.54 Å². The minimum Gasteiger partial charge on any atom is -0.477 e. The molecule has 0 amide bonds. The Balaban J connectivity index is 1.65. The first-order valence-electron chi connectivity index (χ1n) is 8.00. The highest BCUT2D eigenvalue weighted by molar-refractivity contribution is 6.28. The quantitative estimate of drug-likeness (QED) is 0.550. The van der Waals surface area contributed by atoms with Crippen LogP contribution in [0, 0.1) is 0 Å². The lowest BCUT2D eigenvalue weighted by Crippen LogP contribution is -2.09. The summed E-state index contributed by atoms with van der Waals surface area (Å²) in [6.07, 6.45) is 1.25. The molecule has 0 unspecified atom stereocenters. The lowest BCUT2D eigenvalue weighted by atomic mass is 9.98. The number of hydrogen-bond acceptors (Lipinski definition) is 5. The molecule has 4 rings (SSSR count). The van der Waals surface area contributed by atoms with Crippen LogP contribution >= 0.6 is 11.6 Å². The van der Waals surface area contributed by atoms with Gasteiger partial charge in [-0.15, -0.1) is 10.2 Å². The number of halogens is 1. The lowest BCUT2D eigenvalue weighted by Gasteiger charge is -2.10. The number of tetrazole rings is 1. The highest BCUT2D eigenvalue weighted by atomic mass is 35.5. The summed E-state index contributed by atoms with van der Waals surface area (Å²) in [4.78, 5) is 15.1. The molecule has 8 nitrogen and oxygen atoms in total. The van der Waals surface area contributed by atoms with Gasteiger partial charge in [0.2, 0.25) is 11.1 Å². The van der Waals surface area contributed by atoms with Crippen LogP contribution in [0.2, 0.25) is 5.28 Å². The number of nitrogens with one attached hydrogen (secondary N) is 1. The van der Waals surface area contributed by atoms with Crippen molar-refractivity contribution >= 4 is 17.6 Å². The van der Waals surface area contributed by atoms with Crippen molar-refractivity contribution in [1.29, 1.82) is 0 Å². The van der Waals surface area contributed by atoms with Gasteiger partial charge in [0.1, 0.15) is 5.69 Å². The molecule has 0 aliphatic heterocycles. The van der Waals surface area contributed by atoms with E-state index in [1.807, 2.05) is 48.5 Å². The smallest absolute Gasteiger partial charge is 0.354 e. The summed E-state index contributed by atoms with van der Waals surface area (Å²) in [5.74, 6) is -0.550. The summed E-state index contributed by atoms with van der Waals surface area (Å²) in [5.41, 5.74) is 3.77. The molecule has 0 radical (unpaired) electrons. The molecule has 0 atom stereocenters. The summed E-state index contributed by atoms with van der Waals surface area (Å²) in [6, 6.07) is 15.5. The van der Waals surface area contributed by atoms with Crippen molar-refractivity contribution in [2.45, 2.75) is 6.54 Å². The first kappa shape index (κ1) is 16.9. The number of aromatic carboxylic acids is 1. The molecule has 9 heteroatoms. The van der Waals surface area contributed by atoms with E-state index < -0.39 is 5.97 Å². The monoisotopic (exact) mass is 380 g/mol. The molecule has 0 aliphatic carbocycles. The van der Waals surface area contributed by atoms with Gasteiger partial charge in [-0.1, -0.05) is 48.5 Å². The Morgan fingerprint density at radius 3 is 2.52 bits per heavy atom. The second kappa shape index (κ2) is 7.00. The van der Waals surface area contributed by atoms with Gasteiger partial charge in [0, 0.05) is 5.56 Å². The maximum atomic E-state index is 11.3. The van der Waals surface area contributed by atoms with Crippen LogP contribution in [0.25, 0.3) is 22.5 Å². The van der Waals surface area contributed by atoms with Gasteiger partial charge in [-0.25, -0.2) is 9.78 Å². The van der Waals surface area contributed by atoms with E-state index in [-0.39, 0.29) is 11.0 Å². The van der Waals surface area contributed by atoms with Crippen molar-refractivity contribution in [2.24, 2.45) is 0 Å². The Morgan fingerprint density at radius 1 is 1.11 bits per heavy atom. The lowest BCUT2D eigenvalue weighted by molar-refractivity contribution is 0.0685. The molecule has 2 aromatic heterocycles. The van der Waals surface area contributed by atoms with Crippen LogP contribution in [0.4, 0.5) is 0 Å². The highest BCUT2D eigenvalue weighted by Crippen LogP contribution is 2.30. The zero-order valence-electron chi connectivity index (χ0n) is 13.9. The van der Waals surface area contributed by atoms with Crippen LogP contribution in [0.1, 0.15) is 16.1 Å². The van der Waals surface area contributed by atoms with E-state index in [2.05, 4.69) is 25.6 Å². The summed E-state index contributed by atoms with van der Waals surface area (Å²) >= 11 is 6.01. The molecule has 2 N–H and O–H groups in total. The van der Waals surface area contributed by atoms with Crippen molar-refractivity contribution in [2.75, 3.05) is 0 Å². The van der Waals surface area contributed by atoms with Crippen LogP contribution in [0.15, 0.2) is 54.7 Å². The number of hydrogen-bond donors (Lipinski definition) is 2. The summed E-state index contributed by atoms with van der Waals surface area (Å²) in [5, 5.41) is 23.5. The number of carboxylic acids is 1. The number of aromatic amines is 1. The SMILES string of the molecule is O=C(O)c1cnc(Cl)n1Cc1ccc(-c2ccccc2-c2nn[nH]n2)cc1. The highest BCUT2D eigenvalue weighted by Gasteiger charge is 2.15. The fraction of sp³-hybridized carbons (Fsp3) is 0.0556. The summed E-state index contributed by atoms with van der Waals surface area (Å²) < 4.78 is 1.45. The number of benzene rings is 2. The third kappa shape index (κ3) is 3.30. The van der Waals surface area contributed by atoms with Gasteiger partial charge in [0.25, 0.3) is 0 Å². The third-order valence-corrected chi connectivity index (χ3v) is 4.45. The zero-order chi connectivity index (χ0) is 18.8. The van der Waals surface area contributed by atoms with Gasteiger partial charge < -0.3 is 9.67 Å². The second-order valence-corrected chi connectivity index (χ2v) is 6.12. The van der Waals surface area contributed by atoms with E-state index in [9.17, 15) is 9.90 Å². The molecule has 0 aliphatic rings. The maximum absolute atomic E-state index is 11.3. The molecule has 0 saturated heterocycles. The number of rotatable bonds is 5. The number of aromatic nitrogens is 6. The largest absolute Gasteiger partial charge is 0.477 e. The minimum absolute atomic E-state index is 0.0477. The van der Waals surface area contributed by atoms with E-state index in [4.69, 9.17) is 11.6 Å². The normalized spacial score (nSPS) is 10.9.